The summed E-state index contributed by atoms with van der Waals surface area (Å²) >= 11 is 0. The molecule has 0 aliphatic carbocycles. The molecule has 2 aromatic carbocycles. The highest BCUT2D eigenvalue weighted by molar-refractivity contribution is 14.0. The monoisotopic (exact) mass is 542 g/mol. The maximum absolute atomic E-state index is 12.6. The molecule has 0 fully saturated rings. The average molecular weight is 542 g/mol. The van der Waals surface area contributed by atoms with Gasteiger partial charge in [0.2, 0.25) is 5.89 Å². The lowest BCUT2D eigenvalue weighted by atomic mass is 10.1. The number of ether oxygens (including phenoxy) is 1. The van der Waals surface area contributed by atoms with Crippen molar-refractivity contribution in [3.05, 3.63) is 71.6 Å². The van der Waals surface area contributed by atoms with Crippen LogP contribution in [0.1, 0.15) is 23.7 Å². The first-order valence-corrected chi connectivity index (χ1v) is 9.61. The summed E-state index contributed by atoms with van der Waals surface area (Å²) in [4.78, 5) is 8.94. The van der Waals surface area contributed by atoms with Crippen molar-refractivity contribution in [1.29, 1.82) is 0 Å². The summed E-state index contributed by atoms with van der Waals surface area (Å²) in [6.07, 6.45) is 1.59. The van der Waals surface area contributed by atoms with Gasteiger partial charge in [0.25, 0.3) is 0 Å². The van der Waals surface area contributed by atoms with Crippen molar-refractivity contribution in [3.8, 4) is 17.2 Å². The van der Waals surface area contributed by atoms with Crippen molar-refractivity contribution in [3.63, 3.8) is 0 Å². The number of rotatable bonds is 8. The Kier molecular flexibility index (Phi) is 9.70. The predicted octanol–water partition coefficient (Wildman–Crippen LogP) is 5.12. The lowest BCUT2D eigenvalue weighted by Gasteiger charge is -2.12. The number of nitrogens with one attached hydrogen (secondary N) is 2. The zero-order valence-electron chi connectivity index (χ0n) is 17.3. The summed E-state index contributed by atoms with van der Waals surface area (Å²) in [6, 6.07) is 14.5. The highest BCUT2D eigenvalue weighted by Crippen LogP contribution is 2.21. The van der Waals surface area contributed by atoms with Gasteiger partial charge in [0.05, 0.1) is 18.8 Å². The number of para-hydroxylation sites is 1. The molecule has 6 nitrogen and oxygen atoms in total. The predicted molar refractivity (Wildman–Crippen MR) is 127 cm³/mol. The fourth-order valence-corrected chi connectivity index (χ4v) is 2.74. The normalized spacial score (nSPS) is 11.2. The van der Waals surface area contributed by atoms with Crippen LogP contribution in [0.2, 0.25) is 0 Å². The summed E-state index contributed by atoms with van der Waals surface area (Å²) in [5.41, 5.74) is 3.36. The fraction of sp³-hybridized carbons (Fsp3) is 0.273. The second kappa shape index (κ2) is 12.2. The first-order valence-electron chi connectivity index (χ1n) is 9.61. The third-order valence-corrected chi connectivity index (χ3v) is 4.23. The highest BCUT2D eigenvalue weighted by atomic mass is 127. The molecule has 0 saturated heterocycles. The van der Waals surface area contributed by atoms with E-state index in [2.05, 4.69) is 25.3 Å². The SMILES string of the molecule is CCNC(=NCc1ccccc1OC(F)F)NCc1coc(-c2ccc(C)cc2)n1.I. The summed E-state index contributed by atoms with van der Waals surface area (Å²) < 4.78 is 35.3. The van der Waals surface area contributed by atoms with Gasteiger partial charge in [-0.25, -0.2) is 9.98 Å². The molecule has 2 N–H and O–H groups in total. The number of hydrogen-bond donors (Lipinski definition) is 2. The van der Waals surface area contributed by atoms with Gasteiger partial charge in [0.15, 0.2) is 5.96 Å². The number of aromatic nitrogens is 1. The second-order valence-electron chi connectivity index (χ2n) is 6.54. The van der Waals surface area contributed by atoms with Gasteiger partial charge in [0, 0.05) is 17.7 Å². The van der Waals surface area contributed by atoms with E-state index in [9.17, 15) is 8.78 Å². The average Bonchev–Trinajstić information content (AvgIpc) is 3.20. The van der Waals surface area contributed by atoms with Crippen molar-refractivity contribution < 1.29 is 17.9 Å². The first kappa shape index (κ1) is 24.6. The van der Waals surface area contributed by atoms with E-state index in [4.69, 9.17) is 4.42 Å². The Balaban J connectivity index is 0.00000341. The van der Waals surface area contributed by atoms with Crippen molar-refractivity contribution in [2.45, 2.75) is 33.5 Å². The molecular formula is C22H25F2IN4O2. The molecule has 0 unspecified atom stereocenters. The molecule has 1 heterocycles. The summed E-state index contributed by atoms with van der Waals surface area (Å²) in [5.74, 6) is 1.20. The third-order valence-electron chi connectivity index (χ3n) is 4.23. The Morgan fingerprint density at radius 1 is 1.13 bits per heavy atom. The minimum Gasteiger partial charge on any atom is -0.444 e. The molecule has 3 aromatic rings. The molecule has 0 aliphatic heterocycles. The molecule has 31 heavy (non-hydrogen) atoms. The number of hydrogen-bond acceptors (Lipinski definition) is 4. The number of alkyl halides is 2. The highest BCUT2D eigenvalue weighted by Gasteiger charge is 2.10. The van der Waals surface area contributed by atoms with Crippen LogP contribution in [0.25, 0.3) is 11.5 Å². The molecule has 9 heteroatoms. The summed E-state index contributed by atoms with van der Waals surface area (Å²) in [7, 11) is 0. The van der Waals surface area contributed by atoms with Crippen LogP contribution in [-0.4, -0.2) is 24.1 Å². The molecule has 0 radical (unpaired) electrons. The molecule has 0 atom stereocenters. The molecular weight excluding hydrogens is 517 g/mol. The molecule has 166 valence electrons. The van der Waals surface area contributed by atoms with Gasteiger partial charge in [-0.2, -0.15) is 8.78 Å². The van der Waals surface area contributed by atoms with Crippen LogP contribution in [0, 0.1) is 6.92 Å². The maximum atomic E-state index is 12.6. The Morgan fingerprint density at radius 2 is 1.87 bits per heavy atom. The molecule has 3 rings (SSSR count). The second-order valence-corrected chi connectivity index (χ2v) is 6.54. The van der Waals surface area contributed by atoms with E-state index in [0.717, 1.165) is 11.3 Å². The Morgan fingerprint density at radius 3 is 2.58 bits per heavy atom. The van der Waals surface area contributed by atoms with Crippen LogP contribution >= 0.6 is 24.0 Å². The van der Waals surface area contributed by atoms with Crippen LogP contribution < -0.4 is 15.4 Å². The van der Waals surface area contributed by atoms with Crippen LogP contribution in [0.5, 0.6) is 5.75 Å². The van der Waals surface area contributed by atoms with Crippen molar-refractivity contribution in [2.24, 2.45) is 4.99 Å². The summed E-state index contributed by atoms with van der Waals surface area (Å²) in [5, 5.41) is 6.29. The standard InChI is InChI=1S/C22H24F2N4O2.HI/c1-3-25-22(26-12-17-6-4-5-7-19(17)30-21(23)24)27-13-18-14-29-20(28-18)16-10-8-15(2)9-11-16;/h4-11,14,21H,3,12-13H2,1-2H3,(H2,25,26,27);1H. The van der Waals surface area contributed by atoms with Crippen molar-refractivity contribution in [2.75, 3.05) is 6.54 Å². The first-order chi connectivity index (χ1) is 14.5. The van der Waals surface area contributed by atoms with E-state index >= 15 is 0 Å². The van der Waals surface area contributed by atoms with E-state index in [1.54, 1.807) is 24.5 Å². The van der Waals surface area contributed by atoms with E-state index in [1.165, 1.54) is 11.6 Å². The number of guanidine groups is 1. The minimum atomic E-state index is -2.88. The molecule has 0 amide bonds. The molecule has 0 aliphatic rings. The quantitative estimate of drug-likeness (QED) is 0.235. The number of benzene rings is 2. The fourth-order valence-electron chi connectivity index (χ4n) is 2.74. The van der Waals surface area contributed by atoms with Gasteiger partial charge < -0.3 is 19.8 Å². The molecule has 0 spiro atoms. The van der Waals surface area contributed by atoms with E-state index < -0.39 is 6.61 Å². The lowest BCUT2D eigenvalue weighted by molar-refractivity contribution is -0.0504. The van der Waals surface area contributed by atoms with Crippen LogP contribution in [-0.2, 0) is 13.1 Å². The number of aryl methyl sites for hydroxylation is 1. The zero-order valence-corrected chi connectivity index (χ0v) is 19.6. The van der Waals surface area contributed by atoms with E-state index in [1.807, 2.05) is 38.1 Å². The van der Waals surface area contributed by atoms with Gasteiger partial charge in [-0.05, 0) is 32.0 Å². The van der Waals surface area contributed by atoms with Crippen LogP contribution in [0.3, 0.4) is 0 Å². The Hall–Kier alpha value is -2.69. The van der Waals surface area contributed by atoms with Gasteiger partial charge >= 0.3 is 6.61 Å². The maximum Gasteiger partial charge on any atom is 0.387 e. The van der Waals surface area contributed by atoms with Crippen molar-refractivity contribution in [1.82, 2.24) is 15.6 Å². The molecule has 0 saturated carbocycles. The Labute approximate surface area is 197 Å². The Bertz CT molecular complexity index is 978. The van der Waals surface area contributed by atoms with Crippen LogP contribution in [0.15, 0.2) is 64.2 Å². The van der Waals surface area contributed by atoms with Gasteiger partial charge in [0.1, 0.15) is 12.0 Å². The van der Waals surface area contributed by atoms with E-state index in [-0.39, 0.29) is 36.3 Å². The zero-order chi connectivity index (χ0) is 21.3. The topological polar surface area (TPSA) is 71.7 Å². The van der Waals surface area contributed by atoms with Crippen molar-refractivity contribution >= 4 is 29.9 Å². The number of nitrogens with zero attached hydrogens (tertiary/aromatic N) is 2. The largest absolute Gasteiger partial charge is 0.444 e. The van der Waals surface area contributed by atoms with Gasteiger partial charge in [-0.15, -0.1) is 24.0 Å². The summed E-state index contributed by atoms with van der Waals surface area (Å²) in [6.45, 7) is 2.32. The molecule has 1 aromatic heterocycles. The third kappa shape index (κ3) is 7.50. The molecule has 0 bridgehead atoms. The van der Waals surface area contributed by atoms with E-state index in [0.29, 0.717) is 30.5 Å². The number of halogens is 3. The minimum absolute atomic E-state index is 0. The lowest BCUT2D eigenvalue weighted by Crippen LogP contribution is -2.36. The van der Waals surface area contributed by atoms with Gasteiger partial charge in [-0.1, -0.05) is 35.9 Å². The number of aliphatic imine (C=N–C) groups is 1. The number of oxazole rings is 1. The smallest absolute Gasteiger partial charge is 0.387 e. The van der Waals surface area contributed by atoms with Crippen LogP contribution in [0.4, 0.5) is 8.78 Å². The van der Waals surface area contributed by atoms with Gasteiger partial charge in [-0.3, -0.25) is 0 Å².